The average molecular weight is 265 g/mol. The van der Waals surface area contributed by atoms with E-state index in [2.05, 4.69) is 22.7 Å². The van der Waals surface area contributed by atoms with E-state index >= 15 is 0 Å². The van der Waals surface area contributed by atoms with E-state index in [9.17, 15) is 9.90 Å². The monoisotopic (exact) mass is 265 g/mol. The van der Waals surface area contributed by atoms with Crippen molar-refractivity contribution in [2.45, 2.75) is 6.10 Å². The van der Waals surface area contributed by atoms with Gasteiger partial charge >= 0.3 is 0 Å². The highest BCUT2D eigenvalue weighted by atomic mass is 32.1. The molecule has 0 aromatic heterocycles. The number of carbonyl (C=O) groups is 1. The number of carbonyl (C=O) groups excluding carboxylic acids is 1. The van der Waals surface area contributed by atoms with Gasteiger partial charge in [-0.25, -0.2) is 0 Å². The first-order valence-electron chi connectivity index (χ1n) is 5.32. The summed E-state index contributed by atoms with van der Waals surface area (Å²) in [5.41, 5.74) is 5.31. The van der Waals surface area contributed by atoms with Crippen LogP contribution in [0.4, 0.5) is 0 Å². The van der Waals surface area contributed by atoms with Crippen LogP contribution in [0.1, 0.15) is 11.7 Å². The van der Waals surface area contributed by atoms with Gasteiger partial charge in [0, 0.05) is 6.54 Å². The van der Waals surface area contributed by atoms with E-state index in [0.717, 1.165) is 0 Å². The maximum absolute atomic E-state index is 11.6. The van der Waals surface area contributed by atoms with Gasteiger partial charge in [0.1, 0.15) is 0 Å². The maximum Gasteiger partial charge on any atom is 0.271 e. The lowest BCUT2D eigenvalue weighted by Gasteiger charge is -2.14. The van der Waals surface area contributed by atoms with Gasteiger partial charge < -0.3 is 10.4 Å². The van der Waals surface area contributed by atoms with Crippen LogP contribution in [0, 0.1) is 0 Å². The fourth-order valence-corrected chi connectivity index (χ4v) is 1.32. The minimum absolute atomic E-state index is 0.253. The van der Waals surface area contributed by atoms with Crippen molar-refractivity contribution >= 4 is 23.2 Å². The van der Waals surface area contributed by atoms with Crippen LogP contribution in [-0.4, -0.2) is 22.7 Å². The zero-order valence-electron chi connectivity index (χ0n) is 9.72. The molecule has 1 aromatic carbocycles. The number of hydrazine groups is 1. The van der Waals surface area contributed by atoms with Gasteiger partial charge in [-0.15, -0.1) is 6.58 Å². The first-order valence-corrected chi connectivity index (χ1v) is 5.73. The molecule has 1 rings (SSSR count). The number of benzene rings is 1. The second kappa shape index (κ2) is 7.41. The molecule has 5 nitrogen and oxygen atoms in total. The number of aliphatic hydroxyl groups is 1. The lowest BCUT2D eigenvalue weighted by atomic mass is 10.1. The second-order valence-corrected chi connectivity index (χ2v) is 3.83. The van der Waals surface area contributed by atoms with Crippen molar-refractivity contribution in [2.75, 3.05) is 6.54 Å². The minimum Gasteiger partial charge on any atom is -0.378 e. The highest BCUT2D eigenvalue weighted by Gasteiger charge is 2.16. The van der Waals surface area contributed by atoms with Crippen LogP contribution in [0.15, 0.2) is 43.0 Å². The Hall–Kier alpha value is -1.92. The van der Waals surface area contributed by atoms with Crippen molar-refractivity contribution in [3.05, 3.63) is 48.6 Å². The normalized spacial score (nSPS) is 11.2. The van der Waals surface area contributed by atoms with Crippen LogP contribution in [0.5, 0.6) is 0 Å². The standard InChI is InChI=1S/C12H15N3O2S/c1-2-8-13-12(18)15-14-11(17)10(16)9-6-4-3-5-7-9/h2-7,10,16H,1,8H2,(H,14,17)(H2,13,15,18). The van der Waals surface area contributed by atoms with E-state index in [-0.39, 0.29) is 5.11 Å². The molecule has 0 fully saturated rings. The molecule has 1 unspecified atom stereocenters. The third kappa shape index (κ3) is 4.52. The summed E-state index contributed by atoms with van der Waals surface area (Å²) < 4.78 is 0. The molecule has 0 saturated heterocycles. The first kappa shape index (κ1) is 14.1. The van der Waals surface area contributed by atoms with E-state index in [1.54, 1.807) is 36.4 Å². The van der Waals surface area contributed by atoms with E-state index in [4.69, 9.17) is 12.2 Å². The van der Waals surface area contributed by atoms with Gasteiger partial charge in [-0.2, -0.15) is 0 Å². The van der Waals surface area contributed by atoms with Crippen molar-refractivity contribution in [3.8, 4) is 0 Å². The van der Waals surface area contributed by atoms with Crippen LogP contribution >= 0.6 is 12.2 Å². The molecule has 4 N–H and O–H groups in total. The molecule has 0 aliphatic rings. The summed E-state index contributed by atoms with van der Waals surface area (Å²) in [6, 6.07) is 8.63. The predicted octanol–water partition coefficient (Wildman–Crippen LogP) is 0.401. The summed E-state index contributed by atoms with van der Waals surface area (Å²) in [4.78, 5) is 11.6. The highest BCUT2D eigenvalue weighted by molar-refractivity contribution is 7.80. The van der Waals surface area contributed by atoms with Crippen molar-refractivity contribution in [1.29, 1.82) is 0 Å². The van der Waals surface area contributed by atoms with Gasteiger partial charge in [-0.3, -0.25) is 15.6 Å². The maximum atomic E-state index is 11.6. The highest BCUT2D eigenvalue weighted by Crippen LogP contribution is 2.11. The zero-order valence-corrected chi connectivity index (χ0v) is 10.5. The largest absolute Gasteiger partial charge is 0.378 e. The molecule has 0 radical (unpaired) electrons. The van der Waals surface area contributed by atoms with Crippen LogP contribution in [0.3, 0.4) is 0 Å². The van der Waals surface area contributed by atoms with Crippen LogP contribution in [0.2, 0.25) is 0 Å². The molecule has 1 aromatic rings. The molecule has 0 heterocycles. The molecule has 0 bridgehead atoms. The summed E-state index contributed by atoms with van der Waals surface area (Å²) in [6.07, 6.45) is 0.398. The number of hydrogen-bond acceptors (Lipinski definition) is 3. The first-order chi connectivity index (χ1) is 8.65. The molecule has 1 amide bonds. The van der Waals surface area contributed by atoms with Gasteiger partial charge in [0.15, 0.2) is 11.2 Å². The number of hydrogen-bond donors (Lipinski definition) is 4. The summed E-state index contributed by atoms with van der Waals surface area (Å²) in [6.45, 7) is 4.01. The Kier molecular flexibility index (Phi) is 5.83. The molecular formula is C12H15N3O2S. The van der Waals surface area contributed by atoms with Gasteiger partial charge in [0.25, 0.3) is 5.91 Å². The van der Waals surface area contributed by atoms with E-state index in [0.29, 0.717) is 12.1 Å². The Balaban J connectivity index is 2.41. The Morgan fingerprint density at radius 1 is 1.39 bits per heavy atom. The molecule has 96 valence electrons. The number of rotatable bonds is 4. The van der Waals surface area contributed by atoms with E-state index in [1.807, 2.05) is 0 Å². The summed E-state index contributed by atoms with van der Waals surface area (Å²) in [7, 11) is 0. The molecule has 1 atom stereocenters. The Morgan fingerprint density at radius 2 is 2.06 bits per heavy atom. The molecule has 0 aliphatic carbocycles. The lowest BCUT2D eigenvalue weighted by Crippen LogP contribution is -2.48. The van der Waals surface area contributed by atoms with Crippen molar-refractivity contribution in [2.24, 2.45) is 0 Å². The van der Waals surface area contributed by atoms with Crippen molar-refractivity contribution < 1.29 is 9.90 Å². The third-order valence-electron chi connectivity index (χ3n) is 2.07. The Bertz CT molecular complexity index is 423. The fraction of sp³-hybridized carbons (Fsp3) is 0.167. The lowest BCUT2D eigenvalue weighted by molar-refractivity contribution is -0.130. The van der Waals surface area contributed by atoms with Crippen molar-refractivity contribution in [1.82, 2.24) is 16.2 Å². The minimum atomic E-state index is -1.24. The summed E-state index contributed by atoms with van der Waals surface area (Å²) in [5.74, 6) is -0.580. The fourth-order valence-electron chi connectivity index (χ4n) is 1.18. The van der Waals surface area contributed by atoms with Gasteiger partial charge in [-0.05, 0) is 17.8 Å². The molecule has 18 heavy (non-hydrogen) atoms. The molecule has 0 aliphatic heterocycles. The van der Waals surface area contributed by atoms with Crippen LogP contribution in [0.25, 0.3) is 0 Å². The van der Waals surface area contributed by atoms with Crippen LogP contribution in [-0.2, 0) is 4.79 Å². The molecule has 0 spiro atoms. The van der Waals surface area contributed by atoms with E-state index in [1.165, 1.54) is 0 Å². The number of nitrogens with one attached hydrogen (secondary N) is 3. The summed E-state index contributed by atoms with van der Waals surface area (Å²) >= 11 is 4.87. The van der Waals surface area contributed by atoms with Gasteiger partial charge in [0.2, 0.25) is 0 Å². The number of thiocarbonyl (C=S) groups is 1. The molecule has 0 saturated carbocycles. The molecule has 6 heteroatoms. The number of aliphatic hydroxyl groups excluding tert-OH is 1. The second-order valence-electron chi connectivity index (χ2n) is 3.43. The van der Waals surface area contributed by atoms with Gasteiger partial charge in [0.05, 0.1) is 0 Å². The number of amides is 1. The smallest absolute Gasteiger partial charge is 0.271 e. The molecular weight excluding hydrogens is 250 g/mol. The third-order valence-corrected chi connectivity index (χ3v) is 2.32. The Labute approximate surface area is 111 Å². The van der Waals surface area contributed by atoms with Gasteiger partial charge in [-0.1, -0.05) is 36.4 Å². The SMILES string of the molecule is C=CCNC(=S)NNC(=O)C(O)c1ccccc1. The van der Waals surface area contributed by atoms with E-state index < -0.39 is 12.0 Å². The summed E-state index contributed by atoms with van der Waals surface area (Å²) in [5, 5.41) is 12.8. The van der Waals surface area contributed by atoms with Crippen molar-refractivity contribution in [3.63, 3.8) is 0 Å². The predicted molar refractivity (Wildman–Crippen MR) is 73.5 cm³/mol. The van der Waals surface area contributed by atoms with Crippen LogP contribution < -0.4 is 16.2 Å². The average Bonchev–Trinajstić information content (AvgIpc) is 2.42. The Morgan fingerprint density at radius 3 is 2.67 bits per heavy atom. The quantitative estimate of drug-likeness (QED) is 0.360. The topological polar surface area (TPSA) is 73.4 Å². The zero-order chi connectivity index (χ0) is 13.4.